The van der Waals surface area contributed by atoms with Gasteiger partial charge in [0.05, 0.1) is 5.69 Å². The minimum absolute atomic E-state index is 0.243. The lowest BCUT2D eigenvalue weighted by Gasteiger charge is -2.17. The number of nitrogens with one attached hydrogen (secondary N) is 1. The number of rotatable bonds is 4. The van der Waals surface area contributed by atoms with Gasteiger partial charge in [-0.3, -0.25) is 0 Å². The zero-order valence-electron chi connectivity index (χ0n) is 8.90. The van der Waals surface area contributed by atoms with Crippen LogP contribution in [0.1, 0.15) is 6.42 Å². The zero-order valence-corrected chi connectivity index (χ0v) is 8.90. The number of para-hydroxylation sites is 1. The summed E-state index contributed by atoms with van der Waals surface area (Å²) >= 11 is 0. The number of anilines is 1. The lowest BCUT2D eigenvalue weighted by Crippen LogP contribution is -2.18. The van der Waals surface area contributed by atoms with Crippen molar-refractivity contribution in [3.05, 3.63) is 30.5 Å². The smallest absolute Gasteiger partial charge is 0.0621 e. The zero-order chi connectivity index (χ0) is 10.7. The Morgan fingerprint density at radius 2 is 2.13 bits per heavy atom. The first-order valence-electron chi connectivity index (χ1n) is 5.21. The van der Waals surface area contributed by atoms with Crippen molar-refractivity contribution in [2.45, 2.75) is 6.42 Å². The Morgan fingerprint density at radius 1 is 1.33 bits per heavy atom. The maximum atomic E-state index is 8.79. The lowest BCUT2D eigenvalue weighted by molar-refractivity contribution is 0.290. The molecule has 1 heterocycles. The molecular formula is C12H16N2O. The molecule has 0 aliphatic rings. The molecule has 2 rings (SSSR count). The van der Waals surface area contributed by atoms with Gasteiger partial charge in [-0.05, 0) is 12.5 Å². The van der Waals surface area contributed by atoms with E-state index in [-0.39, 0.29) is 6.61 Å². The average molecular weight is 204 g/mol. The van der Waals surface area contributed by atoms with Gasteiger partial charge in [-0.2, -0.15) is 0 Å². The van der Waals surface area contributed by atoms with Crippen LogP contribution in [0.15, 0.2) is 30.5 Å². The van der Waals surface area contributed by atoms with Crippen LogP contribution in [0, 0.1) is 0 Å². The summed E-state index contributed by atoms with van der Waals surface area (Å²) < 4.78 is 0. The highest BCUT2D eigenvalue weighted by atomic mass is 16.3. The summed E-state index contributed by atoms with van der Waals surface area (Å²) in [5.41, 5.74) is 2.35. The van der Waals surface area contributed by atoms with Gasteiger partial charge < -0.3 is 15.0 Å². The van der Waals surface area contributed by atoms with Crippen LogP contribution < -0.4 is 4.90 Å². The molecule has 1 aromatic carbocycles. The van der Waals surface area contributed by atoms with E-state index in [4.69, 9.17) is 5.11 Å². The van der Waals surface area contributed by atoms with Gasteiger partial charge in [-0.15, -0.1) is 0 Å². The highest BCUT2D eigenvalue weighted by molar-refractivity contribution is 5.92. The molecule has 0 spiro atoms. The number of aliphatic hydroxyl groups is 1. The lowest BCUT2D eigenvalue weighted by atomic mass is 10.2. The number of hydrogen-bond acceptors (Lipinski definition) is 2. The normalized spacial score (nSPS) is 10.8. The third kappa shape index (κ3) is 1.97. The van der Waals surface area contributed by atoms with Crippen molar-refractivity contribution in [3.8, 4) is 0 Å². The number of benzene rings is 1. The summed E-state index contributed by atoms with van der Waals surface area (Å²) in [6, 6.07) is 8.24. The van der Waals surface area contributed by atoms with Gasteiger partial charge in [0.25, 0.3) is 0 Å². The van der Waals surface area contributed by atoms with Crippen LogP contribution in [0.2, 0.25) is 0 Å². The van der Waals surface area contributed by atoms with Crippen molar-refractivity contribution in [2.24, 2.45) is 0 Å². The molecule has 3 heteroatoms. The molecule has 80 valence electrons. The van der Waals surface area contributed by atoms with Gasteiger partial charge in [-0.1, -0.05) is 18.2 Å². The van der Waals surface area contributed by atoms with E-state index in [2.05, 4.69) is 22.0 Å². The minimum atomic E-state index is 0.243. The molecule has 0 saturated carbocycles. The van der Waals surface area contributed by atoms with Crippen molar-refractivity contribution < 1.29 is 5.11 Å². The van der Waals surface area contributed by atoms with E-state index in [9.17, 15) is 0 Å². The largest absolute Gasteiger partial charge is 0.396 e. The molecule has 2 N–H and O–H groups in total. The Kier molecular flexibility index (Phi) is 2.92. The van der Waals surface area contributed by atoms with Crippen molar-refractivity contribution in [1.82, 2.24) is 4.98 Å². The molecular weight excluding hydrogens is 188 g/mol. The molecule has 1 aromatic heterocycles. The monoisotopic (exact) mass is 204 g/mol. The first-order chi connectivity index (χ1) is 7.33. The topological polar surface area (TPSA) is 39.3 Å². The molecule has 0 saturated heterocycles. The quantitative estimate of drug-likeness (QED) is 0.799. The van der Waals surface area contributed by atoms with E-state index in [1.165, 1.54) is 11.1 Å². The molecule has 0 fully saturated rings. The number of aromatic amines is 1. The van der Waals surface area contributed by atoms with Gasteiger partial charge >= 0.3 is 0 Å². The highest BCUT2D eigenvalue weighted by Gasteiger charge is 2.06. The fraction of sp³-hybridized carbons (Fsp3) is 0.333. The summed E-state index contributed by atoms with van der Waals surface area (Å²) in [6.45, 7) is 1.12. The number of H-pyrrole nitrogens is 1. The summed E-state index contributed by atoms with van der Waals surface area (Å²) in [4.78, 5) is 5.40. The van der Waals surface area contributed by atoms with E-state index >= 15 is 0 Å². The minimum Gasteiger partial charge on any atom is -0.396 e. The maximum absolute atomic E-state index is 8.79. The van der Waals surface area contributed by atoms with Crippen molar-refractivity contribution in [2.75, 3.05) is 25.1 Å². The average Bonchev–Trinajstić information content (AvgIpc) is 2.69. The summed E-state index contributed by atoms with van der Waals surface area (Å²) in [6.07, 6.45) is 2.82. The Labute approximate surface area is 89.3 Å². The van der Waals surface area contributed by atoms with Crippen molar-refractivity contribution in [3.63, 3.8) is 0 Å². The Balaban J connectivity index is 2.27. The number of nitrogens with zero attached hydrogens (tertiary/aromatic N) is 1. The van der Waals surface area contributed by atoms with E-state index < -0.39 is 0 Å². The third-order valence-corrected chi connectivity index (χ3v) is 2.63. The molecule has 0 aliphatic heterocycles. The van der Waals surface area contributed by atoms with Crippen LogP contribution >= 0.6 is 0 Å². The van der Waals surface area contributed by atoms with Gasteiger partial charge in [0.15, 0.2) is 0 Å². The van der Waals surface area contributed by atoms with Gasteiger partial charge in [0.2, 0.25) is 0 Å². The van der Waals surface area contributed by atoms with E-state index in [1.807, 2.05) is 25.4 Å². The van der Waals surface area contributed by atoms with Crippen LogP contribution in [0.5, 0.6) is 0 Å². The van der Waals surface area contributed by atoms with Crippen molar-refractivity contribution >= 4 is 16.6 Å². The standard InChI is InChI=1S/C12H16N2O/c1-14(7-4-8-15)12-9-13-11-6-3-2-5-10(11)12/h2-3,5-6,9,13,15H,4,7-8H2,1H3. The van der Waals surface area contributed by atoms with E-state index in [1.54, 1.807) is 0 Å². The fourth-order valence-electron chi connectivity index (χ4n) is 1.80. The first-order valence-corrected chi connectivity index (χ1v) is 5.21. The van der Waals surface area contributed by atoms with Gasteiger partial charge in [0, 0.05) is 37.3 Å². The Morgan fingerprint density at radius 3 is 2.93 bits per heavy atom. The van der Waals surface area contributed by atoms with Crippen LogP contribution in [0.4, 0.5) is 5.69 Å². The Hall–Kier alpha value is -1.48. The highest BCUT2D eigenvalue weighted by Crippen LogP contribution is 2.25. The van der Waals surface area contributed by atoms with Crippen LogP contribution in [0.25, 0.3) is 10.9 Å². The molecule has 3 nitrogen and oxygen atoms in total. The molecule has 0 unspecified atom stereocenters. The second-order valence-electron chi connectivity index (χ2n) is 3.72. The second kappa shape index (κ2) is 4.36. The molecule has 15 heavy (non-hydrogen) atoms. The second-order valence-corrected chi connectivity index (χ2v) is 3.72. The molecule has 0 bridgehead atoms. The summed E-state index contributed by atoms with van der Waals surface area (Å²) in [5.74, 6) is 0. The number of hydrogen-bond donors (Lipinski definition) is 2. The maximum Gasteiger partial charge on any atom is 0.0621 e. The first kappa shape index (κ1) is 10.1. The van der Waals surface area contributed by atoms with Crippen LogP contribution in [-0.4, -0.2) is 30.3 Å². The molecule has 0 amide bonds. The van der Waals surface area contributed by atoms with Gasteiger partial charge in [0.1, 0.15) is 0 Å². The number of aromatic nitrogens is 1. The molecule has 2 aromatic rings. The van der Waals surface area contributed by atoms with Crippen LogP contribution in [0.3, 0.4) is 0 Å². The third-order valence-electron chi connectivity index (χ3n) is 2.63. The number of aliphatic hydroxyl groups excluding tert-OH is 1. The molecule has 0 atom stereocenters. The summed E-state index contributed by atoms with van der Waals surface area (Å²) in [5, 5.41) is 10.0. The molecule has 0 radical (unpaired) electrons. The summed E-state index contributed by atoms with van der Waals surface area (Å²) in [7, 11) is 2.05. The Bertz CT molecular complexity index is 436. The van der Waals surface area contributed by atoms with Gasteiger partial charge in [-0.25, -0.2) is 0 Å². The van der Waals surface area contributed by atoms with Crippen LogP contribution in [-0.2, 0) is 0 Å². The number of fused-ring (bicyclic) bond motifs is 1. The molecule has 0 aliphatic carbocycles. The van der Waals surface area contributed by atoms with E-state index in [0.29, 0.717) is 0 Å². The SMILES string of the molecule is CN(CCCO)c1c[nH]c2ccccc12. The van der Waals surface area contributed by atoms with Crippen molar-refractivity contribution in [1.29, 1.82) is 0 Å². The van der Waals surface area contributed by atoms with E-state index in [0.717, 1.165) is 18.5 Å². The predicted octanol–water partition coefficient (Wildman–Crippen LogP) is 1.99. The fourth-order valence-corrected chi connectivity index (χ4v) is 1.80. The predicted molar refractivity (Wildman–Crippen MR) is 63.3 cm³/mol.